The first-order chi connectivity index (χ1) is 19.1. The molecule has 1 aliphatic carbocycles. The van der Waals surface area contributed by atoms with Crippen LogP contribution in [0, 0.1) is 3.57 Å². The fourth-order valence-electron chi connectivity index (χ4n) is 6.24. The average molecular weight is 650 g/mol. The Morgan fingerprint density at radius 1 is 0.625 bits per heavy atom. The Hall–Kier alpha value is -3.15. The lowest BCUT2D eigenvalue weighted by atomic mass is 9.82. The summed E-state index contributed by atoms with van der Waals surface area (Å²) in [4.78, 5) is 2.39. The van der Waals surface area contributed by atoms with Crippen molar-refractivity contribution < 1.29 is 0 Å². The molecule has 198 valence electrons. The van der Waals surface area contributed by atoms with Gasteiger partial charge in [-0.2, -0.15) is 0 Å². The van der Waals surface area contributed by atoms with Crippen molar-refractivity contribution in [3.05, 3.63) is 123 Å². The molecule has 1 aliphatic rings. The molecule has 0 bridgehead atoms. The van der Waals surface area contributed by atoms with Crippen LogP contribution in [-0.4, -0.2) is 0 Å². The monoisotopic (exact) mass is 649 g/mol. The molecule has 5 aromatic carbocycles. The van der Waals surface area contributed by atoms with Crippen molar-refractivity contribution in [1.82, 2.24) is 0 Å². The zero-order chi connectivity index (χ0) is 27.8. The van der Waals surface area contributed by atoms with Crippen LogP contribution in [0.15, 0.2) is 103 Å². The highest BCUT2D eigenvalue weighted by Crippen LogP contribution is 2.53. The quantitative estimate of drug-likeness (QED) is 0.173. The van der Waals surface area contributed by atoms with Crippen LogP contribution in [0.25, 0.3) is 31.3 Å². The Morgan fingerprint density at radius 2 is 1.27 bits per heavy atom. The molecule has 0 aliphatic heterocycles. The molecular weight excluding hydrogens is 617 g/mol. The van der Waals surface area contributed by atoms with Crippen LogP contribution in [0.3, 0.4) is 0 Å². The van der Waals surface area contributed by atoms with Crippen molar-refractivity contribution in [3.8, 4) is 11.1 Å². The van der Waals surface area contributed by atoms with E-state index in [1.54, 1.807) is 0 Å². The van der Waals surface area contributed by atoms with E-state index in [2.05, 4.69) is 165 Å². The predicted octanol–water partition coefficient (Wildman–Crippen LogP) is 11.7. The Kier molecular flexibility index (Phi) is 5.92. The van der Waals surface area contributed by atoms with Crippen molar-refractivity contribution in [2.75, 3.05) is 4.90 Å². The lowest BCUT2D eigenvalue weighted by Gasteiger charge is -2.29. The summed E-state index contributed by atoms with van der Waals surface area (Å²) in [6.45, 7) is 11.6. The molecule has 6 aromatic rings. The van der Waals surface area contributed by atoms with Gasteiger partial charge >= 0.3 is 0 Å². The van der Waals surface area contributed by atoms with E-state index in [1.165, 1.54) is 68.6 Å². The molecule has 0 spiro atoms. The molecule has 0 N–H and O–H groups in total. The number of thiophene rings is 1. The number of hydrogen-bond acceptors (Lipinski definition) is 2. The van der Waals surface area contributed by atoms with Crippen molar-refractivity contribution >= 4 is 71.2 Å². The van der Waals surface area contributed by atoms with E-state index in [4.69, 9.17) is 0 Å². The second-order valence-corrected chi connectivity index (χ2v) is 14.8. The van der Waals surface area contributed by atoms with E-state index >= 15 is 0 Å². The van der Waals surface area contributed by atoms with Gasteiger partial charge in [0.25, 0.3) is 0 Å². The molecule has 7 rings (SSSR count). The van der Waals surface area contributed by atoms with Crippen LogP contribution in [0.2, 0.25) is 0 Å². The SMILES string of the molecule is CC(C)(C)c1ccc(N(c2ccccc2)c2ccc3c(c2)C(C)(C)c2cc4c(cc2-3)sc2cc(I)ccc24)cc1. The highest BCUT2D eigenvalue weighted by atomic mass is 127. The van der Waals surface area contributed by atoms with E-state index < -0.39 is 0 Å². The van der Waals surface area contributed by atoms with Crippen LogP contribution >= 0.6 is 33.9 Å². The van der Waals surface area contributed by atoms with Crippen molar-refractivity contribution in [2.24, 2.45) is 0 Å². The van der Waals surface area contributed by atoms with Gasteiger partial charge < -0.3 is 4.90 Å². The van der Waals surface area contributed by atoms with E-state index in [0.29, 0.717) is 0 Å². The van der Waals surface area contributed by atoms with Crippen LogP contribution in [0.4, 0.5) is 17.1 Å². The van der Waals surface area contributed by atoms with Gasteiger partial charge in [-0.3, -0.25) is 0 Å². The topological polar surface area (TPSA) is 3.24 Å². The maximum Gasteiger partial charge on any atom is 0.0465 e. The zero-order valence-electron chi connectivity index (χ0n) is 23.5. The molecule has 1 heterocycles. The fraction of sp³-hybridized carbons (Fsp3) is 0.189. The summed E-state index contributed by atoms with van der Waals surface area (Å²) in [5.74, 6) is 0. The smallest absolute Gasteiger partial charge is 0.0465 e. The van der Waals surface area contributed by atoms with Crippen LogP contribution in [-0.2, 0) is 10.8 Å². The van der Waals surface area contributed by atoms with Crippen LogP contribution in [0.1, 0.15) is 51.3 Å². The molecule has 3 heteroatoms. The van der Waals surface area contributed by atoms with Crippen molar-refractivity contribution in [2.45, 2.75) is 45.4 Å². The molecule has 0 saturated carbocycles. The minimum Gasteiger partial charge on any atom is -0.310 e. The largest absolute Gasteiger partial charge is 0.310 e. The number of para-hydroxylation sites is 1. The van der Waals surface area contributed by atoms with E-state index in [0.717, 1.165) is 0 Å². The zero-order valence-corrected chi connectivity index (χ0v) is 26.5. The van der Waals surface area contributed by atoms with Crippen LogP contribution < -0.4 is 4.90 Å². The highest BCUT2D eigenvalue weighted by Gasteiger charge is 2.36. The Morgan fingerprint density at radius 3 is 2.00 bits per heavy atom. The van der Waals surface area contributed by atoms with Crippen LogP contribution in [0.5, 0.6) is 0 Å². The minimum atomic E-state index is -0.0925. The lowest BCUT2D eigenvalue weighted by molar-refractivity contribution is 0.590. The predicted molar refractivity (Wildman–Crippen MR) is 183 cm³/mol. The number of hydrogen-bond donors (Lipinski definition) is 0. The third-order valence-corrected chi connectivity index (χ3v) is 10.3. The van der Waals surface area contributed by atoms with Crippen molar-refractivity contribution in [3.63, 3.8) is 0 Å². The van der Waals surface area contributed by atoms with Gasteiger partial charge in [-0.15, -0.1) is 11.3 Å². The molecule has 1 aromatic heterocycles. The van der Waals surface area contributed by atoms with Gasteiger partial charge in [-0.05, 0) is 116 Å². The standard InChI is InChI=1S/C37H32INS/c1-36(2,3)23-11-14-26(15-12-23)39(25-9-7-6-8-10-25)27-16-18-28-30-22-35-31(21-33(30)37(4,5)32(28)20-27)29-17-13-24(38)19-34(29)40-35/h6-22H,1-5H3. The molecular formula is C37H32INS. The Labute approximate surface area is 254 Å². The van der Waals surface area contributed by atoms with Gasteiger partial charge in [0.2, 0.25) is 0 Å². The normalized spacial score (nSPS) is 13.9. The average Bonchev–Trinajstić information content (AvgIpc) is 3.39. The number of fused-ring (bicyclic) bond motifs is 6. The van der Waals surface area contributed by atoms with Crippen molar-refractivity contribution in [1.29, 1.82) is 0 Å². The number of anilines is 3. The van der Waals surface area contributed by atoms with E-state index in [9.17, 15) is 0 Å². The fourth-order valence-corrected chi connectivity index (χ4v) is 8.11. The minimum absolute atomic E-state index is 0.0925. The second-order valence-electron chi connectivity index (χ2n) is 12.5. The summed E-state index contributed by atoms with van der Waals surface area (Å²) >= 11 is 4.32. The molecule has 0 fully saturated rings. The van der Waals surface area contributed by atoms with Gasteiger partial charge in [0, 0.05) is 46.2 Å². The third-order valence-electron chi connectivity index (χ3n) is 8.48. The second kappa shape index (κ2) is 9.19. The van der Waals surface area contributed by atoms with Gasteiger partial charge in [-0.1, -0.05) is 77.1 Å². The number of rotatable bonds is 3. The molecule has 0 unspecified atom stereocenters. The number of benzene rings is 5. The molecule has 0 atom stereocenters. The van der Waals surface area contributed by atoms with Gasteiger partial charge in [0.05, 0.1) is 0 Å². The number of halogens is 1. The molecule has 1 nitrogen and oxygen atoms in total. The van der Waals surface area contributed by atoms with E-state index in [1.807, 2.05) is 11.3 Å². The maximum absolute atomic E-state index is 2.47. The summed E-state index contributed by atoms with van der Waals surface area (Å²) in [6, 6.07) is 38.6. The number of nitrogens with zero attached hydrogens (tertiary/aromatic N) is 1. The van der Waals surface area contributed by atoms with Gasteiger partial charge in [-0.25, -0.2) is 0 Å². The van der Waals surface area contributed by atoms with Gasteiger partial charge in [0.15, 0.2) is 0 Å². The van der Waals surface area contributed by atoms with E-state index in [-0.39, 0.29) is 10.8 Å². The third kappa shape index (κ3) is 4.09. The molecule has 40 heavy (non-hydrogen) atoms. The summed E-state index contributed by atoms with van der Waals surface area (Å²) in [5.41, 5.74) is 10.5. The van der Waals surface area contributed by atoms with Gasteiger partial charge in [0.1, 0.15) is 0 Å². The molecule has 0 amide bonds. The first-order valence-corrected chi connectivity index (χ1v) is 15.8. The molecule has 0 radical (unpaired) electrons. The Bertz CT molecular complexity index is 1910. The lowest BCUT2D eigenvalue weighted by Crippen LogP contribution is -2.17. The highest BCUT2D eigenvalue weighted by molar-refractivity contribution is 14.1. The summed E-state index contributed by atoms with van der Waals surface area (Å²) < 4.78 is 4.03. The molecule has 0 saturated heterocycles. The first kappa shape index (κ1) is 25.8. The Balaban J connectivity index is 1.38. The maximum atomic E-state index is 2.47. The summed E-state index contributed by atoms with van der Waals surface area (Å²) in [7, 11) is 0. The first-order valence-electron chi connectivity index (χ1n) is 13.9. The summed E-state index contributed by atoms with van der Waals surface area (Å²) in [6.07, 6.45) is 0. The summed E-state index contributed by atoms with van der Waals surface area (Å²) in [5, 5.41) is 2.74.